The standard InChI is InChI=1S/C11H16N4/c1-8-5-6-9-13-10(11(2,3)12-4)14-15(9)7-8/h5-7,12H,1-4H3. The highest BCUT2D eigenvalue weighted by Gasteiger charge is 2.23. The molecule has 0 fully saturated rings. The topological polar surface area (TPSA) is 42.2 Å². The molecule has 0 saturated heterocycles. The van der Waals surface area contributed by atoms with E-state index in [1.807, 2.05) is 36.8 Å². The first kappa shape index (κ1) is 10.1. The minimum absolute atomic E-state index is 0.195. The van der Waals surface area contributed by atoms with Gasteiger partial charge >= 0.3 is 0 Å². The van der Waals surface area contributed by atoms with Crippen molar-refractivity contribution in [3.05, 3.63) is 29.7 Å². The largest absolute Gasteiger partial charge is 0.308 e. The molecule has 0 spiro atoms. The molecule has 1 N–H and O–H groups in total. The van der Waals surface area contributed by atoms with Crippen LogP contribution in [0.3, 0.4) is 0 Å². The number of aromatic nitrogens is 3. The SMILES string of the molecule is CNC(C)(C)c1nc2ccc(C)cn2n1. The Labute approximate surface area is 89.3 Å². The van der Waals surface area contributed by atoms with Crippen molar-refractivity contribution in [3.63, 3.8) is 0 Å². The molecule has 0 atom stereocenters. The number of aryl methyl sites for hydroxylation is 1. The second-order valence-corrected chi connectivity index (χ2v) is 4.32. The number of nitrogens with one attached hydrogen (secondary N) is 1. The molecule has 2 aromatic rings. The molecule has 0 bridgehead atoms. The Morgan fingerprint density at radius 1 is 1.33 bits per heavy atom. The van der Waals surface area contributed by atoms with Crippen molar-refractivity contribution in [2.75, 3.05) is 7.05 Å². The molecule has 2 aromatic heterocycles. The van der Waals surface area contributed by atoms with Crippen LogP contribution in [0.2, 0.25) is 0 Å². The predicted molar refractivity (Wildman–Crippen MR) is 59.8 cm³/mol. The van der Waals surface area contributed by atoms with Gasteiger partial charge in [-0.15, -0.1) is 5.10 Å². The maximum Gasteiger partial charge on any atom is 0.171 e. The van der Waals surface area contributed by atoms with E-state index in [2.05, 4.69) is 29.2 Å². The number of hydrogen-bond acceptors (Lipinski definition) is 3. The molecular weight excluding hydrogens is 188 g/mol. The Hall–Kier alpha value is -1.42. The smallest absolute Gasteiger partial charge is 0.171 e. The van der Waals surface area contributed by atoms with E-state index < -0.39 is 0 Å². The van der Waals surface area contributed by atoms with Crippen molar-refractivity contribution in [2.45, 2.75) is 26.3 Å². The van der Waals surface area contributed by atoms with E-state index in [-0.39, 0.29) is 5.54 Å². The second kappa shape index (κ2) is 3.31. The van der Waals surface area contributed by atoms with Crippen LogP contribution in [0.5, 0.6) is 0 Å². The van der Waals surface area contributed by atoms with Crippen molar-refractivity contribution in [1.82, 2.24) is 19.9 Å². The summed E-state index contributed by atoms with van der Waals surface area (Å²) in [6.45, 7) is 6.17. The molecule has 0 saturated carbocycles. The first-order valence-corrected chi connectivity index (χ1v) is 5.05. The summed E-state index contributed by atoms with van der Waals surface area (Å²) >= 11 is 0. The molecule has 4 heteroatoms. The molecule has 0 amide bonds. The Kier molecular flexibility index (Phi) is 2.23. The van der Waals surface area contributed by atoms with Crippen LogP contribution in [-0.2, 0) is 5.54 Å². The van der Waals surface area contributed by atoms with Gasteiger partial charge in [-0.25, -0.2) is 9.50 Å². The lowest BCUT2D eigenvalue weighted by Gasteiger charge is -2.19. The predicted octanol–water partition coefficient (Wildman–Crippen LogP) is 1.49. The zero-order valence-electron chi connectivity index (χ0n) is 9.57. The summed E-state index contributed by atoms with van der Waals surface area (Å²) in [5.74, 6) is 0.815. The highest BCUT2D eigenvalue weighted by atomic mass is 15.3. The highest BCUT2D eigenvalue weighted by Crippen LogP contribution is 2.16. The van der Waals surface area contributed by atoms with Crippen molar-refractivity contribution < 1.29 is 0 Å². The number of pyridine rings is 1. The van der Waals surface area contributed by atoms with E-state index in [1.54, 1.807) is 0 Å². The molecule has 2 heterocycles. The first-order chi connectivity index (χ1) is 7.03. The van der Waals surface area contributed by atoms with Crippen LogP contribution >= 0.6 is 0 Å². The maximum absolute atomic E-state index is 4.49. The van der Waals surface area contributed by atoms with Gasteiger partial charge in [-0.2, -0.15) is 0 Å². The number of rotatable bonds is 2. The summed E-state index contributed by atoms with van der Waals surface area (Å²) < 4.78 is 1.82. The van der Waals surface area contributed by atoms with Crippen molar-refractivity contribution in [1.29, 1.82) is 0 Å². The molecule has 0 aliphatic heterocycles. The van der Waals surface area contributed by atoms with Gasteiger partial charge < -0.3 is 5.32 Å². The van der Waals surface area contributed by atoms with Crippen LogP contribution in [0.4, 0.5) is 0 Å². The van der Waals surface area contributed by atoms with Crippen molar-refractivity contribution in [2.24, 2.45) is 0 Å². The van der Waals surface area contributed by atoms with E-state index in [0.717, 1.165) is 11.5 Å². The quantitative estimate of drug-likeness (QED) is 0.806. The molecule has 15 heavy (non-hydrogen) atoms. The lowest BCUT2D eigenvalue weighted by molar-refractivity contribution is 0.417. The highest BCUT2D eigenvalue weighted by molar-refractivity contribution is 5.39. The van der Waals surface area contributed by atoms with E-state index in [0.29, 0.717) is 0 Å². The fourth-order valence-electron chi connectivity index (χ4n) is 1.36. The summed E-state index contributed by atoms with van der Waals surface area (Å²) in [7, 11) is 1.91. The third-order valence-corrected chi connectivity index (χ3v) is 2.66. The van der Waals surface area contributed by atoms with Crippen LogP contribution in [-0.4, -0.2) is 21.6 Å². The average Bonchev–Trinajstić information content (AvgIpc) is 2.61. The minimum atomic E-state index is -0.195. The fraction of sp³-hybridized carbons (Fsp3) is 0.455. The number of hydrogen-bond donors (Lipinski definition) is 1. The van der Waals surface area contributed by atoms with Crippen LogP contribution in [0.15, 0.2) is 18.3 Å². The molecule has 4 nitrogen and oxygen atoms in total. The van der Waals surface area contributed by atoms with Gasteiger partial charge in [0.05, 0.1) is 5.54 Å². The Morgan fingerprint density at radius 3 is 2.73 bits per heavy atom. The van der Waals surface area contributed by atoms with Crippen molar-refractivity contribution >= 4 is 5.65 Å². The molecule has 80 valence electrons. The molecule has 2 rings (SSSR count). The fourth-order valence-corrected chi connectivity index (χ4v) is 1.36. The van der Waals surface area contributed by atoms with Gasteiger partial charge in [0.25, 0.3) is 0 Å². The third-order valence-electron chi connectivity index (χ3n) is 2.66. The maximum atomic E-state index is 4.49. The van der Waals surface area contributed by atoms with E-state index in [9.17, 15) is 0 Å². The molecular formula is C11H16N4. The zero-order valence-corrected chi connectivity index (χ0v) is 9.57. The van der Waals surface area contributed by atoms with Crippen LogP contribution in [0.25, 0.3) is 5.65 Å². The van der Waals surface area contributed by atoms with Crippen LogP contribution in [0.1, 0.15) is 25.2 Å². The lowest BCUT2D eigenvalue weighted by Crippen LogP contribution is -2.34. The summed E-state index contributed by atoms with van der Waals surface area (Å²) in [5.41, 5.74) is 1.88. The molecule has 0 unspecified atom stereocenters. The third kappa shape index (κ3) is 1.72. The van der Waals surface area contributed by atoms with Gasteiger partial charge in [0.1, 0.15) is 0 Å². The molecule has 0 aliphatic carbocycles. The van der Waals surface area contributed by atoms with E-state index >= 15 is 0 Å². The number of fused-ring (bicyclic) bond motifs is 1. The van der Waals surface area contributed by atoms with E-state index in [4.69, 9.17) is 0 Å². The summed E-state index contributed by atoms with van der Waals surface area (Å²) in [5, 5.41) is 7.65. The molecule has 0 aliphatic rings. The summed E-state index contributed by atoms with van der Waals surface area (Å²) in [6, 6.07) is 4.03. The van der Waals surface area contributed by atoms with Gasteiger partial charge in [-0.1, -0.05) is 6.07 Å². The van der Waals surface area contributed by atoms with Gasteiger partial charge in [0.15, 0.2) is 11.5 Å². The first-order valence-electron chi connectivity index (χ1n) is 5.05. The zero-order chi connectivity index (χ0) is 11.1. The second-order valence-electron chi connectivity index (χ2n) is 4.32. The van der Waals surface area contributed by atoms with Gasteiger partial charge in [-0.05, 0) is 39.4 Å². The lowest BCUT2D eigenvalue weighted by atomic mass is 10.1. The van der Waals surface area contributed by atoms with Crippen molar-refractivity contribution in [3.8, 4) is 0 Å². The van der Waals surface area contributed by atoms with Gasteiger partial charge in [0, 0.05) is 6.20 Å². The Morgan fingerprint density at radius 2 is 2.07 bits per heavy atom. The van der Waals surface area contributed by atoms with Gasteiger partial charge in [-0.3, -0.25) is 0 Å². The molecule has 0 aromatic carbocycles. The summed E-state index contributed by atoms with van der Waals surface area (Å²) in [6.07, 6.45) is 1.98. The van der Waals surface area contributed by atoms with E-state index in [1.165, 1.54) is 5.56 Å². The minimum Gasteiger partial charge on any atom is -0.308 e. The van der Waals surface area contributed by atoms with Crippen LogP contribution < -0.4 is 5.32 Å². The average molecular weight is 204 g/mol. The number of nitrogens with zero attached hydrogens (tertiary/aromatic N) is 3. The molecule has 0 radical (unpaired) electrons. The Balaban J connectivity index is 2.56. The van der Waals surface area contributed by atoms with Crippen LogP contribution in [0, 0.1) is 6.92 Å². The van der Waals surface area contributed by atoms with Gasteiger partial charge in [0.2, 0.25) is 0 Å². The monoisotopic (exact) mass is 204 g/mol. The Bertz CT molecular complexity index is 484. The normalized spacial score (nSPS) is 12.3. The summed E-state index contributed by atoms with van der Waals surface area (Å²) in [4.78, 5) is 4.49.